The lowest BCUT2D eigenvalue weighted by atomic mass is 10.0. The fourth-order valence-electron chi connectivity index (χ4n) is 1.98. The van der Waals surface area contributed by atoms with Gasteiger partial charge in [-0.05, 0) is 41.6 Å². The van der Waals surface area contributed by atoms with Crippen LogP contribution < -0.4 is 16.6 Å². The smallest absolute Gasteiger partial charge is 0.251 e. The van der Waals surface area contributed by atoms with E-state index in [1.54, 1.807) is 35.6 Å². The summed E-state index contributed by atoms with van der Waals surface area (Å²) in [7, 11) is 0. The molecule has 0 saturated heterocycles. The Kier molecular flexibility index (Phi) is 4.76. The zero-order valence-corrected chi connectivity index (χ0v) is 12.4. The van der Waals surface area contributed by atoms with Gasteiger partial charge in [-0.2, -0.15) is 0 Å². The van der Waals surface area contributed by atoms with Crippen LogP contribution in [0.4, 0.5) is 5.69 Å². The second kappa shape index (κ2) is 6.54. The molecular weight excluding hydrogens is 270 g/mol. The van der Waals surface area contributed by atoms with Gasteiger partial charge in [0, 0.05) is 16.1 Å². The van der Waals surface area contributed by atoms with Gasteiger partial charge < -0.3 is 10.7 Å². The average Bonchev–Trinajstić information content (AvgIpc) is 2.98. The number of thiophene rings is 1. The van der Waals surface area contributed by atoms with E-state index in [2.05, 4.69) is 30.7 Å². The summed E-state index contributed by atoms with van der Waals surface area (Å²) in [4.78, 5) is 13.5. The van der Waals surface area contributed by atoms with Gasteiger partial charge in [0.2, 0.25) is 0 Å². The molecule has 1 aromatic carbocycles. The van der Waals surface area contributed by atoms with E-state index in [9.17, 15) is 4.79 Å². The van der Waals surface area contributed by atoms with Crippen LogP contribution >= 0.6 is 11.3 Å². The van der Waals surface area contributed by atoms with Crippen LogP contribution in [0.15, 0.2) is 41.8 Å². The summed E-state index contributed by atoms with van der Waals surface area (Å²) in [5.74, 6) is 5.58. The molecule has 20 heavy (non-hydrogen) atoms. The number of hydrogen-bond donors (Lipinski definition) is 3. The zero-order valence-electron chi connectivity index (χ0n) is 11.6. The largest absolute Gasteiger partial charge is 0.344 e. The number of nitrogens with two attached hydrogens (primary N) is 1. The molecular formula is C15H19N3OS. The van der Waals surface area contributed by atoms with Gasteiger partial charge in [0.05, 0.1) is 6.04 Å². The van der Waals surface area contributed by atoms with Crippen molar-refractivity contribution in [1.82, 2.24) is 5.32 Å². The van der Waals surface area contributed by atoms with Crippen LogP contribution in [-0.4, -0.2) is 5.91 Å². The molecule has 1 aromatic heterocycles. The first-order valence-electron chi connectivity index (χ1n) is 6.52. The summed E-state index contributed by atoms with van der Waals surface area (Å²) >= 11 is 1.66. The molecule has 1 heterocycles. The maximum atomic E-state index is 12.3. The molecule has 4 nitrogen and oxygen atoms in total. The Labute approximate surface area is 123 Å². The van der Waals surface area contributed by atoms with Crippen molar-refractivity contribution in [3.8, 4) is 0 Å². The zero-order chi connectivity index (χ0) is 14.5. The molecule has 1 unspecified atom stereocenters. The van der Waals surface area contributed by atoms with Gasteiger partial charge in [0.1, 0.15) is 0 Å². The molecule has 0 spiro atoms. The summed E-state index contributed by atoms with van der Waals surface area (Å²) < 4.78 is 0. The Morgan fingerprint density at radius 1 is 1.20 bits per heavy atom. The Morgan fingerprint density at radius 3 is 2.40 bits per heavy atom. The molecule has 0 aliphatic rings. The molecule has 0 aliphatic heterocycles. The standard InChI is InChI=1S/C15H19N3OS/c1-10(2)14(13-4-3-9-20-13)17-15(19)11-5-7-12(18-16)8-6-11/h3-10,14,18H,16H2,1-2H3,(H,17,19). The average molecular weight is 289 g/mol. The fourth-order valence-corrected chi connectivity index (χ4v) is 2.93. The Balaban J connectivity index is 2.12. The van der Waals surface area contributed by atoms with E-state index in [0.29, 0.717) is 11.5 Å². The lowest BCUT2D eigenvalue weighted by Gasteiger charge is -2.21. The summed E-state index contributed by atoms with van der Waals surface area (Å²) in [6.45, 7) is 4.21. The van der Waals surface area contributed by atoms with Crippen LogP contribution in [0.5, 0.6) is 0 Å². The minimum atomic E-state index is -0.0688. The van der Waals surface area contributed by atoms with E-state index >= 15 is 0 Å². The van der Waals surface area contributed by atoms with E-state index in [0.717, 1.165) is 5.69 Å². The molecule has 2 rings (SSSR count). The molecule has 0 radical (unpaired) electrons. The first-order chi connectivity index (χ1) is 9.61. The summed E-state index contributed by atoms with van der Waals surface area (Å²) in [6.07, 6.45) is 0. The molecule has 0 bridgehead atoms. The van der Waals surface area contributed by atoms with Gasteiger partial charge >= 0.3 is 0 Å². The Bertz CT molecular complexity index is 549. The normalized spacial score (nSPS) is 12.2. The predicted octanol–water partition coefficient (Wildman–Crippen LogP) is 3.16. The van der Waals surface area contributed by atoms with Gasteiger partial charge in [-0.25, -0.2) is 0 Å². The van der Waals surface area contributed by atoms with Gasteiger partial charge in [-0.1, -0.05) is 19.9 Å². The van der Waals surface area contributed by atoms with Crippen molar-refractivity contribution in [2.75, 3.05) is 5.43 Å². The third-order valence-electron chi connectivity index (χ3n) is 3.12. The molecule has 1 amide bonds. The van der Waals surface area contributed by atoms with E-state index in [4.69, 9.17) is 5.84 Å². The third-order valence-corrected chi connectivity index (χ3v) is 4.07. The Morgan fingerprint density at radius 2 is 1.90 bits per heavy atom. The highest BCUT2D eigenvalue weighted by atomic mass is 32.1. The van der Waals surface area contributed by atoms with Gasteiger partial charge in [-0.15, -0.1) is 11.3 Å². The second-order valence-corrected chi connectivity index (χ2v) is 5.91. The second-order valence-electron chi connectivity index (χ2n) is 4.93. The molecule has 0 aliphatic carbocycles. The van der Waals surface area contributed by atoms with E-state index in [-0.39, 0.29) is 11.9 Å². The predicted molar refractivity (Wildman–Crippen MR) is 83.6 cm³/mol. The number of carbonyl (C=O) groups is 1. The lowest BCUT2D eigenvalue weighted by Crippen LogP contribution is -2.31. The van der Waals surface area contributed by atoms with Gasteiger partial charge in [0.15, 0.2) is 0 Å². The number of hydrogen-bond acceptors (Lipinski definition) is 4. The summed E-state index contributed by atoms with van der Waals surface area (Å²) in [6, 6.07) is 11.2. The number of anilines is 1. The van der Waals surface area contributed by atoms with Crippen molar-refractivity contribution < 1.29 is 4.79 Å². The van der Waals surface area contributed by atoms with Crippen molar-refractivity contribution in [3.05, 3.63) is 52.2 Å². The molecule has 2 aromatic rings. The van der Waals surface area contributed by atoms with Crippen molar-refractivity contribution >= 4 is 22.9 Å². The van der Waals surface area contributed by atoms with Crippen LogP contribution in [-0.2, 0) is 0 Å². The monoisotopic (exact) mass is 289 g/mol. The molecule has 1 atom stereocenters. The number of benzene rings is 1. The Hall–Kier alpha value is -1.85. The molecule has 0 saturated carbocycles. The molecule has 0 fully saturated rings. The van der Waals surface area contributed by atoms with E-state index in [1.807, 2.05) is 11.4 Å². The van der Waals surface area contributed by atoms with Crippen LogP contribution in [0.1, 0.15) is 35.1 Å². The number of nitrogens with one attached hydrogen (secondary N) is 2. The van der Waals surface area contributed by atoms with Crippen molar-refractivity contribution in [1.29, 1.82) is 0 Å². The topological polar surface area (TPSA) is 67.2 Å². The van der Waals surface area contributed by atoms with Gasteiger partial charge in [0.25, 0.3) is 5.91 Å². The van der Waals surface area contributed by atoms with E-state index in [1.165, 1.54) is 4.88 Å². The highest BCUT2D eigenvalue weighted by molar-refractivity contribution is 7.10. The number of amides is 1. The molecule has 5 heteroatoms. The van der Waals surface area contributed by atoms with Crippen LogP contribution in [0.25, 0.3) is 0 Å². The number of rotatable bonds is 5. The van der Waals surface area contributed by atoms with Crippen molar-refractivity contribution in [2.24, 2.45) is 11.8 Å². The maximum absolute atomic E-state index is 12.3. The minimum Gasteiger partial charge on any atom is -0.344 e. The van der Waals surface area contributed by atoms with Crippen molar-refractivity contribution in [3.63, 3.8) is 0 Å². The highest BCUT2D eigenvalue weighted by Crippen LogP contribution is 2.26. The van der Waals surface area contributed by atoms with Crippen LogP contribution in [0.2, 0.25) is 0 Å². The third kappa shape index (κ3) is 3.37. The quantitative estimate of drug-likeness (QED) is 0.585. The minimum absolute atomic E-state index is 0.0369. The molecule has 106 valence electrons. The van der Waals surface area contributed by atoms with Gasteiger partial charge in [-0.3, -0.25) is 10.6 Å². The van der Waals surface area contributed by atoms with Crippen molar-refractivity contribution in [2.45, 2.75) is 19.9 Å². The SMILES string of the molecule is CC(C)C(NC(=O)c1ccc(NN)cc1)c1cccs1. The summed E-state index contributed by atoms with van der Waals surface area (Å²) in [5, 5.41) is 5.12. The van der Waals surface area contributed by atoms with E-state index < -0.39 is 0 Å². The lowest BCUT2D eigenvalue weighted by molar-refractivity contribution is 0.0926. The van der Waals surface area contributed by atoms with Crippen LogP contribution in [0.3, 0.4) is 0 Å². The summed E-state index contributed by atoms with van der Waals surface area (Å²) in [5.41, 5.74) is 3.95. The number of carbonyl (C=O) groups excluding carboxylic acids is 1. The first-order valence-corrected chi connectivity index (χ1v) is 7.40. The van der Waals surface area contributed by atoms with Crippen LogP contribution in [0, 0.1) is 5.92 Å². The molecule has 4 N–H and O–H groups in total. The highest BCUT2D eigenvalue weighted by Gasteiger charge is 2.19. The maximum Gasteiger partial charge on any atom is 0.251 e. The first kappa shape index (κ1) is 14.6. The number of nitrogen functional groups attached to an aromatic ring is 1. The fraction of sp³-hybridized carbons (Fsp3) is 0.267. The number of hydrazine groups is 1.